The van der Waals surface area contributed by atoms with Crippen LogP contribution in [0.4, 0.5) is 0 Å². The molecule has 0 spiro atoms. The highest BCUT2D eigenvalue weighted by Gasteiger charge is 2.09. The molecule has 0 atom stereocenters. The summed E-state index contributed by atoms with van der Waals surface area (Å²) in [5.41, 5.74) is 0. The van der Waals surface area contributed by atoms with Crippen LogP contribution in [0.1, 0.15) is 0 Å². The number of ether oxygens (including phenoxy) is 1. The minimum absolute atomic E-state index is 0.454. The van der Waals surface area contributed by atoms with Crippen molar-refractivity contribution < 1.29 is 4.74 Å². The summed E-state index contributed by atoms with van der Waals surface area (Å²) in [7, 11) is 0. The molecule has 0 aromatic heterocycles. The molecule has 0 fully saturated rings. The van der Waals surface area contributed by atoms with Crippen molar-refractivity contribution in [3.05, 3.63) is 57.0 Å². The largest absolute Gasteiger partial charge is 0.456 e. The van der Waals surface area contributed by atoms with Crippen LogP contribution in [0, 0.1) is 0 Å². The molecule has 0 unspecified atom stereocenters. The Labute approximate surface area is 112 Å². The Morgan fingerprint density at radius 2 is 1.62 bits per heavy atom. The molecule has 0 saturated carbocycles. The lowest BCUT2D eigenvalue weighted by Gasteiger charge is -2.09. The van der Waals surface area contributed by atoms with E-state index in [0.29, 0.717) is 20.3 Å². The Hall–Kier alpha value is -0.700. The minimum Gasteiger partial charge on any atom is -0.456 e. The summed E-state index contributed by atoms with van der Waals surface area (Å²) in [5.74, 6) is 1.39. The van der Waals surface area contributed by atoms with Crippen molar-refractivity contribution in [3.63, 3.8) is 0 Å². The molecular weight excluding hydrogens is 311 g/mol. The molecule has 0 amide bonds. The fourth-order valence-corrected chi connectivity index (χ4v) is 2.06. The summed E-state index contributed by atoms with van der Waals surface area (Å²) >= 11 is 15.2. The van der Waals surface area contributed by atoms with Gasteiger partial charge in [-0.3, -0.25) is 0 Å². The van der Waals surface area contributed by atoms with Crippen molar-refractivity contribution in [3.8, 4) is 11.5 Å². The van der Waals surface area contributed by atoms with E-state index < -0.39 is 0 Å². The van der Waals surface area contributed by atoms with Gasteiger partial charge in [-0.2, -0.15) is 0 Å². The zero-order valence-electron chi connectivity index (χ0n) is 8.08. The van der Waals surface area contributed by atoms with Crippen LogP contribution in [0.5, 0.6) is 11.5 Å². The second-order valence-corrected chi connectivity index (χ2v) is 4.67. The van der Waals surface area contributed by atoms with Crippen LogP contribution in [-0.4, -0.2) is 0 Å². The molecule has 0 aliphatic heterocycles. The number of rotatable bonds is 2. The molecule has 82 valence electrons. The van der Waals surface area contributed by atoms with E-state index in [1.54, 1.807) is 12.1 Å². The van der Waals surface area contributed by atoms with Crippen LogP contribution >= 0.6 is 39.1 Å². The van der Waals surface area contributed by atoms with Gasteiger partial charge in [0.25, 0.3) is 0 Å². The van der Waals surface area contributed by atoms with Crippen LogP contribution in [0.2, 0.25) is 10.0 Å². The standard InChI is InChI=1S/C12H7BrCl2O/c13-11-10(7-6-9(14)12(11)15)16-8-4-2-1-3-5-8/h1-7H. The predicted octanol–water partition coefficient (Wildman–Crippen LogP) is 5.55. The van der Waals surface area contributed by atoms with Crippen LogP contribution in [0.3, 0.4) is 0 Å². The van der Waals surface area contributed by atoms with E-state index in [9.17, 15) is 0 Å². The van der Waals surface area contributed by atoms with Crippen molar-refractivity contribution in [2.24, 2.45) is 0 Å². The van der Waals surface area contributed by atoms with E-state index in [2.05, 4.69) is 15.9 Å². The first-order valence-electron chi connectivity index (χ1n) is 4.55. The second-order valence-electron chi connectivity index (χ2n) is 3.09. The summed E-state index contributed by atoms with van der Waals surface area (Å²) < 4.78 is 6.31. The van der Waals surface area contributed by atoms with Crippen LogP contribution < -0.4 is 4.74 Å². The molecule has 0 saturated heterocycles. The summed E-state index contributed by atoms with van der Waals surface area (Å²) in [4.78, 5) is 0. The Morgan fingerprint density at radius 1 is 0.938 bits per heavy atom. The van der Waals surface area contributed by atoms with E-state index in [1.807, 2.05) is 30.3 Å². The van der Waals surface area contributed by atoms with Gasteiger partial charge in [-0.15, -0.1) is 0 Å². The van der Waals surface area contributed by atoms with Crippen LogP contribution in [-0.2, 0) is 0 Å². The van der Waals surface area contributed by atoms with Gasteiger partial charge >= 0.3 is 0 Å². The van der Waals surface area contributed by atoms with Gasteiger partial charge in [0, 0.05) is 0 Å². The Kier molecular flexibility index (Phi) is 3.74. The van der Waals surface area contributed by atoms with Gasteiger partial charge < -0.3 is 4.74 Å². The monoisotopic (exact) mass is 316 g/mol. The van der Waals surface area contributed by atoms with Crippen molar-refractivity contribution in [1.82, 2.24) is 0 Å². The summed E-state index contributed by atoms with van der Waals surface area (Å²) in [6, 6.07) is 12.9. The zero-order valence-corrected chi connectivity index (χ0v) is 11.2. The lowest BCUT2D eigenvalue weighted by atomic mass is 10.3. The molecule has 0 radical (unpaired) electrons. The fourth-order valence-electron chi connectivity index (χ4n) is 1.20. The quantitative estimate of drug-likeness (QED) is 0.660. The molecule has 0 bridgehead atoms. The van der Waals surface area contributed by atoms with Crippen molar-refractivity contribution in [2.45, 2.75) is 0 Å². The molecule has 0 N–H and O–H groups in total. The second kappa shape index (κ2) is 5.09. The number of hydrogen-bond acceptors (Lipinski definition) is 1. The number of benzene rings is 2. The van der Waals surface area contributed by atoms with E-state index in [4.69, 9.17) is 27.9 Å². The molecular formula is C12H7BrCl2O. The fraction of sp³-hybridized carbons (Fsp3) is 0. The normalized spacial score (nSPS) is 10.2. The highest BCUT2D eigenvalue weighted by atomic mass is 79.9. The van der Waals surface area contributed by atoms with Gasteiger partial charge in [-0.1, -0.05) is 41.4 Å². The molecule has 1 nitrogen and oxygen atoms in total. The van der Waals surface area contributed by atoms with E-state index >= 15 is 0 Å². The summed E-state index contributed by atoms with van der Waals surface area (Å²) in [5, 5.41) is 0.948. The molecule has 2 aromatic rings. The number of halogens is 3. The highest BCUT2D eigenvalue weighted by molar-refractivity contribution is 9.10. The Balaban J connectivity index is 2.33. The van der Waals surface area contributed by atoms with Gasteiger partial charge in [0.1, 0.15) is 11.5 Å². The van der Waals surface area contributed by atoms with E-state index in [1.165, 1.54) is 0 Å². The summed E-state index contributed by atoms with van der Waals surface area (Å²) in [6.45, 7) is 0. The zero-order chi connectivity index (χ0) is 11.5. The van der Waals surface area contributed by atoms with Gasteiger partial charge in [0.05, 0.1) is 14.5 Å². The van der Waals surface area contributed by atoms with Crippen LogP contribution in [0.15, 0.2) is 46.9 Å². The lowest BCUT2D eigenvalue weighted by molar-refractivity contribution is 0.480. The van der Waals surface area contributed by atoms with Crippen molar-refractivity contribution >= 4 is 39.1 Å². The number of para-hydroxylation sites is 1. The average Bonchev–Trinajstić information content (AvgIpc) is 2.31. The third-order valence-corrected chi connectivity index (χ3v) is 3.79. The van der Waals surface area contributed by atoms with Gasteiger partial charge in [-0.05, 0) is 40.2 Å². The van der Waals surface area contributed by atoms with Crippen molar-refractivity contribution in [2.75, 3.05) is 0 Å². The average molecular weight is 318 g/mol. The molecule has 2 aromatic carbocycles. The van der Waals surface area contributed by atoms with Gasteiger partial charge in [0.15, 0.2) is 0 Å². The first-order chi connectivity index (χ1) is 7.68. The Bertz CT molecular complexity index is 500. The predicted molar refractivity (Wildman–Crippen MR) is 70.7 cm³/mol. The Morgan fingerprint density at radius 3 is 2.31 bits per heavy atom. The third-order valence-electron chi connectivity index (χ3n) is 1.97. The van der Waals surface area contributed by atoms with E-state index in [-0.39, 0.29) is 0 Å². The van der Waals surface area contributed by atoms with E-state index in [0.717, 1.165) is 5.75 Å². The van der Waals surface area contributed by atoms with Gasteiger partial charge in [0.2, 0.25) is 0 Å². The molecule has 16 heavy (non-hydrogen) atoms. The first-order valence-corrected chi connectivity index (χ1v) is 6.10. The van der Waals surface area contributed by atoms with Crippen molar-refractivity contribution in [1.29, 1.82) is 0 Å². The molecule has 0 aliphatic carbocycles. The first kappa shape index (κ1) is 11.8. The number of hydrogen-bond donors (Lipinski definition) is 0. The molecule has 0 aliphatic rings. The smallest absolute Gasteiger partial charge is 0.143 e. The minimum atomic E-state index is 0.454. The highest BCUT2D eigenvalue weighted by Crippen LogP contribution is 2.39. The maximum Gasteiger partial charge on any atom is 0.143 e. The van der Waals surface area contributed by atoms with Crippen LogP contribution in [0.25, 0.3) is 0 Å². The SMILES string of the molecule is Clc1ccc(Oc2ccccc2)c(Br)c1Cl. The molecule has 4 heteroatoms. The maximum atomic E-state index is 5.99. The summed E-state index contributed by atoms with van der Waals surface area (Å²) in [6.07, 6.45) is 0. The molecule has 2 rings (SSSR count). The molecule has 0 heterocycles. The van der Waals surface area contributed by atoms with Gasteiger partial charge in [-0.25, -0.2) is 0 Å². The lowest BCUT2D eigenvalue weighted by Crippen LogP contribution is -1.85. The maximum absolute atomic E-state index is 5.99. The topological polar surface area (TPSA) is 9.23 Å². The third kappa shape index (κ3) is 2.51.